The van der Waals surface area contributed by atoms with Gasteiger partial charge in [-0.3, -0.25) is 18.6 Å². The smallest absolute Gasteiger partial charge is 0.456 e. The van der Waals surface area contributed by atoms with E-state index in [0.29, 0.717) is 23.9 Å². The fourth-order valence-electron chi connectivity index (χ4n) is 10.4. The van der Waals surface area contributed by atoms with Gasteiger partial charge in [-0.25, -0.2) is 4.57 Å². The summed E-state index contributed by atoms with van der Waals surface area (Å²) in [5.74, 6) is -0.490. The number of amides is 1. The number of nitrogens with one attached hydrogen (secondary N) is 1. The first-order valence-corrected chi connectivity index (χ1v) is 36.5. The van der Waals surface area contributed by atoms with Crippen LogP contribution >= 0.6 is 7.82 Å². The average Bonchev–Trinajstić information content (AvgIpc) is 3.44. The lowest BCUT2D eigenvalue weighted by Crippen LogP contribution is -2.47. The Morgan fingerprint density at radius 2 is 0.753 bits per heavy atom. The minimum Gasteiger partial charge on any atom is -0.456 e. The van der Waals surface area contributed by atoms with E-state index in [2.05, 4.69) is 62.5 Å². The van der Waals surface area contributed by atoms with Crippen molar-refractivity contribution in [3.63, 3.8) is 0 Å². The first-order valence-electron chi connectivity index (χ1n) is 35.0. The Bertz CT molecular complexity index is 1520. The van der Waals surface area contributed by atoms with Crippen molar-refractivity contribution in [1.82, 2.24) is 5.32 Å². The second kappa shape index (κ2) is 61.1. The van der Waals surface area contributed by atoms with Crippen molar-refractivity contribution in [2.24, 2.45) is 0 Å². The van der Waals surface area contributed by atoms with Gasteiger partial charge in [0.05, 0.1) is 33.8 Å². The molecule has 0 aliphatic carbocycles. The van der Waals surface area contributed by atoms with Crippen LogP contribution in [-0.2, 0) is 27.9 Å². The van der Waals surface area contributed by atoms with Gasteiger partial charge in [-0.1, -0.05) is 307 Å². The van der Waals surface area contributed by atoms with Gasteiger partial charge < -0.3 is 19.4 Å². The molecule has 10 heteroatoms. The third-order valence-corrected chi connectivity index (χ3v) is 16.8. The van der Waals surface area contributed by atoms with Crippen LogP contribution in [0.25, 0.3) is 0 Å². The summed E-state index contributed by atoms with van der Waals surface area (Å²) in [6.07, 6.45) is 76.8. The summed E-state index contributed by atoms with van der Waals surface area (Å²) in [7, 11) is 1.51. The summed E-state index contributed by atoms with van der Waals surface area (Å²) in [6.45, 7) is 7.04. The van der Waals surface area contributed by atoms with Crippen molar-refractivity contribution >= 4 is 19.7 Å². The number of rotatable bonds is 64. The molecule has 9 nitrogen and oxygen atoms in total. The van der Waals surface area contributed by atoms with E-state index in [1.807, 2.05) is 33.3 Å². The summed E-state index contributed by atoms with van der Waals surface area (Å²) in [4.78, 5) is 37.9. The highest BCUT2D eigenvalue weighted by Gasteiger charge is 2.30. The SMILES string of the molecule is CCCCC/C=C\C/C=C\C/C=C\CCCCCCCCCCCCCCC(=O)OC(/C=C/CCCCCCCCCCCCC)C(COP(=O)(O)OCC[N+](C)(C)C)NC(=O)CCCCCCCCCCCCCCCCCCC. The van der Waals surface area contributed by atoms with Crippen LogP contribution in [0.4, 0.5) is 0 Å². The molecule has 1 amide bonds. The van der Waals surface area contributed by atoms with Crippen LogP contribution in [-0.4, -0.2) is 74.3 Å². The van der Waals surface area contributed by atoms with E-state index in [-0.39, 0.29) is 25.1 Å². The molecule has 3 unspecified atom stereocenters. The monoisotopic (exact) mass is 1160 g/mol. The molecule has 0 aliphatic heterocycles. The maximum Gasteiger partial charge on any atom is 0.472 e. The Morgan fingerprint density at radius 3 is 1.15 bits per heavy atom. The number of hydrogen-bond acceptors (Lipinski definition) is 6. The number of unbranched alkanes of at least 4 members (excludes halogenated alkanes) is 42. The molecule has 0 aliphatic rings. The summed E-state index contributed by atoms with van der Waals surface area (Å²) < 4.78 is 30.8. The van der Waals surface area contributed by atoms with Gasteiger partial charge in [-0.05, 0) is 70.3 Å². The van der Waals surface area contributed by atoms with E-state index >= 15 is 0 Å². The lowest BCUT2D eigenvalue weighted by atomic mass is 10.0. The molecule has 0 radical (unpaired) electrons. The molecule has 0 spiro atoms. The summed E-state index contributed by atoms with van der Waals surface area (Å²) in [6, 6.07) is -0.847. The summed E-state index contributed by atoms with van der Waals surface area (Å²) in [5.41, 5.74) is 0. The first kappa shape index (κ1) is 79.0. The van der Waals surface area contributed by atoms with E-state index in [9.17, 15) is 19.0 Å². The van der Waals surface area contributed by atoms with E-state index in [0.717, 1.165) is 70.6 Å². The van der Waals surface area contributed by atoms with Crippen molar-refractivity contribution < 1.29 is 37.3 Å². The molecule has 476 valence electrons. The van der Waals surface area contributed by atoms with Crippen LogP contribution < -0.4 is 5.32 Å². The zero-order chi connectivity index (χ0) is 59.3. The minimum absolute atomic E-state index is 0.0421. The first-order chi connectivity index (χ1) is 39.4. The van der Waals surface area contributed by atoms with Crippen molar-refractivity contribution in [3.8, 4) is 0 Å². The van der Waals surface area contributed by atoms with Crippen LogP contribution in [0.15, 0.2) is 48.6 Å². The third-order valence-electron chi connectivity index (χ3n) is 15.8. The maximum atomic E-state index is 13.6. The van der Waals surface area contributed by atoms with Crippen molar-refractivity contribution in [1.29, 1.82) is 0 Å². The number of esters is 1. The lowest BCUT2D eigenvalue weighted by Gasteiger charge is -2.27. The molecule has 0 heterocycles. The quantitative estimate of drug-likeness (QED) is 0.0205. The molecule has 0 aromatic rings. The largest absolute Gasteiger partial charge is 0.472 e. The van der Waals surface area contributed by atoms with Crippen LogP contribution in [0, 0.1) is 0 Å². The van der Waals surface area contributed by atoms with Crippen LogP contribution in [0.1, 0.15) is 342 Å². The number of hydrogen-bond donors (Lipinski definition) is 2. The molecule has 3 atom stereocenters. The number of carbonyl (C=O) groups excluding carboxylic acids is 2. The molecule has 0 aromatic carbocycles. The van der Waals surface area contributed by atoms with Crippen molar-refractivity contribution in [3.05, 3.63) is 48.6 Å². The molecule has 0 bridgehead atoms. The van der Waals surface area contributed by atoms with Gasteiger partial charge in [0.15, 0.2) is 0 Å². The van der Waals surface area contributed by atoms with Gasteiger partial charge in [0, 0.05) is 12.8 Å². The third kappa shape index (κ3) is 62.3. The number of phosphoric acid groups is 1. The number of quaternary nitrogens is 1. The highest BCUT2D eigenvalue weighted by atomic mass is 31.2. The highest BCUT2D eigenvalue weighted by Crippen LogP contribution is 2.43. The van der Waals surface area contributed by atoms with Crippen LogP contribution in [0.5, 0.6) is 0 Å². The standard InChI is InChI=1S/C71H135N2O7P/c1-7-10-13-16-19-22-25-28-30-32-33-34-35-36-37-38-39-41-43-46-49-52-55-58-61-64-71(75)80-69(62-59-56-53-50-47-44-27-24-21-18-15-12-9-3)68(67-79-81(76,77)78-66-65-73(4,5)6)72-70(74)63-60-57-54-51-48-45-42-40-31-29-26-23-20-17-14-11-8-2/h19,22,28,30,33-34,59,62,68-69H,7-18,20-21,23-27,29,31-32,35-58,60-61,63-67H2,1-6H3,(H-,72,74,76,77)/p+1/b22-19-,30-28-,34-33-,62-59+. The fraction of sp³-hybridized carbons (Fsp3) is 0.859. The van der Waals surface area contributed by atoms with Gasteiger partial charge in [-0.15, -0.1) is 0 Å². The van der Waals surface area contributed by atoms with E-state index in [1.165, 1.54) is 238 Å². The number of ether oxygens (including phenoxy) is 1. The molecule has 2 N–H and O–H groups in total. The molecule has 0 aromatic heterocycles. The second-order valence-corrected chi connectivity index (χ2v) is 26.5. The van der Waals surface area contributed by atoms with Crippen molar-refractivity contribution in [2.75, 3.05) is 40.9 Å². The summed E-state index contributed by atoms with van der Waals surface area (Å²) >= 11 is 0. The molecule has 0 rings (SSSR count). The molecule has 81 heavy (non-hydrogen) atoms. The number of phosphoric ester groups is 1. The van der Waals surface area contributed by atoms with E-state index in [1.54, 1.807) is 0 Å². The lowest BCUT2D eigenvalue weighted by molar-refractivity contribution is -0.870. The Labute approximate surface area is 503 Å². The van der Waals surface area contributed by atoms with Crippen molar-refractivity contribution in [2.45, 2.75) is 354 Å². The molecule has 0 saturated carbocycles. The van der Waals surface area contributed by atoms with E-state index < -0.39 is 20.0 Å². The van der Waals surface area contributed by atoms with Gasteiger partial charge in [0.2, 0.25) is 5.91 Å². The Kier molecular flexibility index (Phi) is 59.5. The van der Waals surface area contributed by atoms with Gasteiger partial charge in [0.25, 0.3) is 0 Å². The molecular weight excluding hydrogens is 1020 g/mol. The van der Waals surface area contributed by atoms with E-state index in [4.69, 9.17) is 13.8 Å². The van der Waals surface area contributed by atoms with Crippen LogP contribution in [0.3, 0.4) is 0 Å². The highest BCUT2D eigenvalue weighted by molar-refractivity contribution is 7.47. The summed E-state index contributed by atoms with van der Waals surface area (Å²) in [5, 5.41) is 3.07. The Hall–Kier alpha value is -2.03. The number of likely N-dealkylation sites (N-methyl/N-ethyl adjacent to an activating group) is 1. The Balaban J connectivity index is 5.09. The van der Waals surface area contributed by atoms with Gasteiger partial charge in [0.1, 0.15) is 19.3 Å². The van der Waals surface area contributed by atoms with Gasteiger partial charge in [-0.2, -0.15) is 0 Å². The predicted octanol–water partition coefficient (Wildman–Crippen LogP) is 22.0. The van der Waals surface area contributed by atoms with Crippen LogP contribution in [0.2, 0.25) is 0 Å². The number of allylic oxidation sites excluding steroid dienone is 7. The second-order valence-electron chi connectivity index (χ2n) is 25.1. The normalized spacial score (nSPS) is 13.8. The number of nitrogens with zero attached hydrogens (tertiary/aromatic N) is 1. The Morgan fingerprint density at radius 1 is 0.432 bits per heavy atom. The fourth-order valence-corrected chi connectivity index (χ4v) is 11.1. The van der Waals surface area contributed by atoms with Gasteiger partial charge >= 0.3 is 13.8 Å². The topological polar surface area (TPSA) is 111 Å². The maximum absolute atomic E-state index is 13.6. The zero-order valence-electron chi connectivity index (χ0n) is 54.5. The molecule has 0 saturated heterocycles. The predicted molar refractivity (Wildman–Crippen MR) is 351 cm³/mol. The zero-order valence-corrected chi connectivity index (χ0v) is 55.4. The molecule has 0 fully saturated rings. The molecular formula is C71H136N2O7P+. The minimum atomic E-state index is -4.45. The average molecular weight is 1160 g/mol. The number of carbonyl (C=O) groups is 2.